The van der Waals surface area contributed by atoms with Crippen LogP contribution in [0.1, 0.15) is 24.7 Å². The molecule has 14 heavy (non-hydrogen) atoms. The zero-order valence-electron chi connectivity index (χ0n) is 8.66. The van der Waals surface area contributed by atoms with Gasteiger partial charge in [-0.1, -0.05) is 17.2 Å². The van der Waals surface area contributed by atoms with E-state index in [-0.39, 0.29) is 6.61 Å². The molecule has 2 N–H and O–H groups in total. The molecule has 0 aliphatic rings. The summed E-state index contributed by atoms with van der Waals surface area (Å²) in [7, 11) is 0. The van der Waals surface area contributed by atoms with Gasteiger partial charge >= 0.3 is 0 Å². The Bertz CT molecular complexity index is 262. The van der Waals surface area contributed by atoms with Gasteiger partial charge in [0.1, 0.15) is 11.4 Å². The van der Waals surface area contributed by atoms with Gasteiger partial charge in [0, 0.05) is 13.2 Å². The predicted octanol–water partition coefficient (Wildman–Crippen LogP) is 0.486. The number of aliphatic hydroxyl groups excluding tert-OH is 1. The fourth-order valence-corrected chi connectivity index (χ4v) is 1.17. The number of aryl methyl sites for hydroxylation is 1. The summed E-state index contributed by atoms with van der Waals surface area (Å²) in [4.78, 5) is 0. The molecule has 1 heterocycles. The number of aromatic nitrogens is 2. The molecule has 0 saturated carbocycles. The first-order valence-electron chi connectivity index (χ1n) is 4.83. The minimum absolute atomic E-state index is 0.243. The van der Waals surface area contributed by atoms with Crippen molar-refractivity contribution in [2.24, 2.45) is 5.92 Å². The Hall–Kier alpha value is -0.940. The Morgan fingerprint density at radius 3 is 2.86 bits per heavy atom. The number of nitrogens with zero attached hydrogens (tertiary/aromatic N) is 2. The second-order valence-corrected chi connectivity index (χ2v) is 3.54. The van der Waals surface area contributed by atoms with Gasteiger partial charge in [0.2, 0.25) is 0 Å². The van der Waals surface area contributed by atoms with Crippen molar-refractivity contribution in [1.82, 2.24) is 15.6 Å². The molecule has 1 aromatic heterocycles. The van der Waals surface area contributed by atoms with E-state index < -0.39 is 0 Å². The van der Waals surface area contributed by atoms with Crippen molar-refractivity contribution in [3.8, 4) is 0 Å². The Balaban J connectivity index is 2.19. The second-order valence-electron chi connectivity index (χ2n) is 3.54. The van der Waals surface area contributed by atoms with Gasteiger partial charge in [-0.15, -0.1) is 0 Å². The quantitative estimate of drug-likeness (QED) is 0.697. The summed E-state index contributed by atoms with van der Waals surface area (Å²) in [6.07, 6.45) is 0.822. The van der Waals surface area contributed by atoms with Gasteiger partial charge in [-0.2, -0.15) is 0 Å². The van der Waals surface area contributed by atoms with E-state index in [0.717, 1.165) is 24.4 Å². The molecule has 0 fully saturated rings. The first-order valence-corrected chi connectivity index (χ1v) is 4.83. The standard InChI is InChI=1S/C9H17N3O2/c1-7(3-4-13)5-10-6-9-8(2)11-14-12-9/h7,10,13H,3-6H2,1-2H3. The largest absolute Gasteiger partial charge is 0.396 e. The second kappa shape index (κ2) is 5.72. The summed E-state index contributed by atoms with van der Waals surface area (Å²) in [6.45, 7) is 5.74. The lowest BCUT2D eigenvalue weighted by molar-refractivity contribution is 0.259. The van der Waals surface area contributed by atoms with Crippen LogP contribution in [-0.2, 0) is 6.54 Å². The van der Waals surface area contributed by atoms with E-state index in [0.29, 0.717) is 12.5 Å². The summed E-state index contributed by atoms with van der Waals surface area (Å²) in [5.41, 5.74) is 1.67. The van der Waals surface area contributed by atoms with Crippen LogP contribution < -0.4 is 5.32 Å². The fourth-order valence-electron chi connectivity index (χ4n) is 1.17. The van der Waals surface area contributed by atoms with Crippen LogP contribution in [0.4, 0.5) is 0 Å². The van der Waals surface area contributed by atoms with Crippen molar-refractivity contribution < 1.29 is 9.74 Å². The predicted molar refractivity (Wildman–Crippen MR) is 51.6 cm³/mol. The maximum Gasteiger partial charge on any atom is 0.121 e. The van der Waals surface area contributed by atoms with Crippen LogP contribution in [-0.4, -0.2) is 28.6 Å². The van der Waals surface area contributed by atoms with Crippen molar-refractivity contribution in [3.63, 3.8) is 0 Å². The third kappa shape index (κ3) is 3.43. The van der Waals surface area contributed by atoms with E-state index in [9.17, 15) is 0 Å². The van der Waals surface area contributed by atoms with Gasteiger partial charge in [0.15, 0.2) is 0 Å². The molecule has 0 saturated heterocycles. The van der Waals surface area contributed by atoms with E-state index in [2.05, 4.69) is 27.2 Å². The van der Waals surface area contributed by atoms with Crippen LogP contribution in [0.15, 0.2) is 4.63 Å². The highest BCUT2D eigenvalue weighted by Gasteiger charge is 2.05. The minimum Gasteiger partial charge on any atom is -0.396 e. The Morgan fingerprint density at radius 2 is 2.29 bits per heavy atom. The highest BCUT2D eigenvalue weighted by molar-refractivity contribution is 5.03. The van der Waals surface area contributed by atoms with Crippen LogP contribution in [0.2, 0.25) is 0 Å². The lowest BCUT2D eigenvalue weighted by atomic mass is 10.1. The summed E-state index contributed by atoms with van der Waals surface area (Å²) in [5, 5.41) is 19.4. The molecule has 0 aliphatic heterocycles. The highest BCUT2D eigenvalue weighted by Crippen LogP contribution is 2.01. The molecule has 1 unspecified atom stereocenters. The molecule has 80 valence electrons. The third-order valence-corrected chi connectivity index (χ3v) is 2.15. The summed E-state index contributed by atoms with van der Waals surface area (Å²) < 4.78 is 4.57. The normalized spacial score (nSPS) is 13.1. The van der Waals surface area contributed by atoms with Crippen molar-refractivity contribution in [2.75, 3.05) is 13.2 Å². The van der Waals surface area contributed by atoms with Crippen LogP contribution in [0.5, 0.6) is 0 Å². The Morgan fingerprint density at radius 1 is 1.50 bits per heavy atom. The van der Waals surface area contributed by atoms with Crippen LogP contribution in [0.25, 0.3) is 0 Å². The number of hydrogen-bond acceptors (Lipinski definition) is 5. The SMILES string of the molecule is Cc1nonc1CNCC(C)CCO. The van der Waals surface area contributed by atoms with E-state index in [1.807, 2.05) is 6.92 Å². The maximum atomic E-state index is 8.70. The van der Waals surface area contributed by atoms with Gasteiger partial charge in [0.05, 0.1) is 0 Å². The van der Waals surface area contributed by atoms with Crippen molar-refractivity contribution >= 4 is 0 Å². The van der Waals surface area contributed by atoms with Crippen LogP contribution >= 0.6 is 0 Å². The highest BCUT2D eigenvalue weighted by atomic mass is 16.6. The summed E-state index contributed by atoms with van der Waals surface area (Å²) in [5.74, 6) is 0.472. The molecule has 0 radical (unpaired) electrons. The van der Waals surface area contributed by atoms with Crippen molar-refractivity contribution in [3.05, 3.63) is 11.4 Å². The number of nitrogens with one attached hydrogen (secondary N) is 1. The number of rotatable bonds is 6. The Kier molecular flexibility index (Phi) is 4.55. The summed E-state index contributed by atoms with van der Waals surface area (Å²) in [6, 6.07) is 0. The zero-order chi connectivity index (χ0) is 10.4. The van der Waals surface area contributed by atoms with Gasteiger partial charge < -0.3 is 10.4 Å². The monoisotopic (exact) mass is 199 g/mol. The maximum absolute atomic E-state index is 8.70. The average Bonchev–Trinajstić information content (AvgIpc) is 2.52. The van der Waals surface area contributed by atoms with Gasteiger partial charge in [-0.05, 0) is 25.8 Å². The molecular formula is C9H17N3O2. The first-order chi connectivity index (χ1) is 6.74. The van der Waals surface area contributed by atoms with E-state index >= 15 is 0 Å². The van der Waals surface area contributed by atoms with E-state index in [4.69, 9.17) is 5.11 Å². The zero-order valence-corrected chi connectivity index (χ0v) is 8.66. The first kappa shape index (κ1) is 11.1. The fraction of sp³-hybridized carbons (Fsp3) is 0.778. The van der Waals surface area contributed by atoms with E-state index in [1.54, 1.807) is 0 Å². The molecule has 1 aromatic rings. The molecule has 0 amide bonds. The molecule has 0 aromatic carbocycles. The smallest absolute Gasteiger partial charge is 0.121 e. The van der Waals surface area contributed by atoms with Gasteiger partial charge in [0.25, 0.3) is 0 Å². The third-order valence-electron chi connectivity index (χ3n) is 2.15. The lowest BCUT2D eigenvalue weighted by Gasteiger charge is -2.09. The molecule has 0 bridgehead atoms. The molecule has 5 nitrogen and oxygen atoms in total. The molecule has 0 aliphatic carbocycles. The lowest BCUT2D eigenvalue weighted by Crippen LogP contribution is -2.21. The average molecular weight is 199 g/mol. The molecule has 1 rings (SSSR count). The Labute approximate surface area is 83.5 Å². The summed E-state index contributed by atoms with van der Waals surface area (Å²) >= 11 is 0. The topological polar surface area (TPSA) is 71.2 Å². The molecule has 1 atom stereocenters. The molecule has 5 heteroatoms. The number of hydrogen-bond donors (Lipinski definition) is 2. The molecule has 0 spiro atoms. The van der Waals surface area contributed by atoms with E-state index in [1.165, 1.54) is 0 Å². The van der Waals surface area contributed by atoms with Crippen LogP contribution in [0.3, 0.4) is 0 Å². The number of aliphatic hydroxyl groups is 1. The molecular weight excluding hydrogens is 182 g/mol. The van der Waals surface area contributed by atoms with Gasteiger partial charge in [-0.3, -0.25) is 0 Å². The van der Waals surface area contributed by atoms with Crippen molar-refractivity contribution in [1.29, 1.82) is 0 Å². The minimum atomic E-state index is 0.243. The van der Waals surface area contributed by atoms with Crippen LogP contribution in [0, 0.1) is 12.8 Å². The van der Waals surface area contributed by atoms with Crippen molar-refractivity contribution in [2.45, 2.75) is 26.8 Å². The van der Waals surface area contributed by atoms with Gasteiger partial charge in [-0.25, -0.2) is 4.63 Å².